The number of quaternary nitrogens is 1. The maximum atomic E-state index is 13.9. The number of carbonyl (C=O) groups is 1. The number of rotatable bonds is 6. The van der Waals surface area contributed by atoms with Crippen LogP contribution >= 0.6 is 22.7 Å². The molecule has 4 nitrogen and oxygen atoms in total. The summed E-state index contributed by atoms with van der Waals surface area (Å²) in [4.78, 5) is 21.0. The molecule has 130 valence electrons. The molecular formula is C18H19FN3OS2+. The summed E-state index contributed by atoms with van der Waals surface area (Å²) in [6.45, 7) is 1.30. The van der Waals surface area contributed by atoms with Crippen molar-refractivity contribution in [2.75, 3.05) is 32.1 Å². The monoisotopic (exact) mass is 376 g/mol. The Balaban J connectivity index is 1.89. The second-order valence-electron chi connectivity index (χ2n) is 5.88. The zero-order chi connectivity index (χ0) is 17.8. The number of carbonyl (C=O) groups excluding carboxylic acids is 1. The SMILES string of the molecule is C[NH+](C)CCN(C(=O)/C=C/c1cccs1)c1nc2c(F)cccc2s1. The van der Waals surface area contributed by atoms with Crippen LogP contribution < -0.4 is 9.80 Å². The van der Waals surface area contributed by atoms with Gasteiger partial charge in [0, 0.05) is 11.0 Å². The van der Waals surface area contributed by atoms with Crippen LogP contribution in [0.5, 0.6) is 0 Å². The molecule has 0 saturated carbocycles. The van der Waals surface area contributed by atoms with E-state index in [0.29, 0.717) is 17.2 Å². The van der Waals surface area contributed by atoms with Gasteiger partial charge < -0.3 is 4.90 Å². The largest absolute Gasteiger partial charge is 0.338 e. The number of benzene rings is 1. The van der Waals surface area contributed by atoms with Crippen LogP contribution in [0.3, 0.4) is 0 Å². The molecule has 0 radical (unpaired) electrons. The van der Waals surface area contributed by atoms with Gasteiger partial charge in [-0.1, -0.05) is 23.5 Å². The average molecular weight is 377 g/mol. The number of aromatic nitrogens is 1. The van der Waals surface area contributed by atoms with Crippen molar-refractivity contribution < 1.29 is 14.1 Å². The van der Waals surface area contributed by atoms with Crippen LogP contribution in [0.25, 0.3) is 16.3 Å². The smallest absolute Gasteiger partial charge is 0.253 e. The molecule has 2 heterocycles. The van der Waals surface area contributed by atoms with Gasteiger partial charge in [-0.15, -0.1) is 11.3 Å². The van der Waals surface area contributed by atoms with Crippen molar-refractivity contribution in [3.8, 4) is 0 Å². The first kappa shape index (κ1) is 17.7. The highest BCUT2D eigenvalue weighted by Crippen LogP contribution is 2.30. The van der Waals surface area contributed by atoms with E-state index >= 15 is 0 Å². The topological polar surface area (TPSA) is 37.6 Å². The molecule has 1 amide bonds. The van der Waals surface area contributed by atoms with Gasteiger partial charge in [0.2, 0.25) is 0 Å². The minimum absolute atomic E-state index is 0.144. The predicted octanol–water partition coefficient (Wildman–Crippen LogP) is 2.69. The van der Waals surface area contributed by atoms with Gasteiger partial charge in [-0.2, -0.15) is 0 Å². The Morgan fingerprint density at radius 2 is 2.16 bits per heavy atom. The van der Waals surface area contributed by atoms with Gasteiger partial charge in [0.05, 0.1) is 31.9 Å². The summed E-state index contributed by atoms with van der Waals surface area (Å²) in [5.41, 5.74) is 0.319. The Morgan fingerprint density at radius 1 is 1.32 bits per heavy atom. The maximum Gasteiger partial charge on any atom is 0.253 e. The minimum Gasteiger partial charge on any atom is -0.338 e. The van der Waals surface area contributed by atoms with Crippen LogP contribution in [-0.4, -0.2) is 38.1 Å². The molecule has 0 saturated heterocycles. The first-order valence-electron chi connectivity index (χ1n) is 7.92. The summed E-state index contributed by atoms with van der Waals surface area (Å²) in [5.74, 6) is -0.506. The first-order valence-corrected chi connectivity index (χ1v) is 9.61. The Labute approximate surface area is 153 Å². The lowest BCUT2D eigenvalue weighted by atomic mass is 10.3. The molecule has 25 heavy (non-hydrogen) atoms. The molecule has 0 aliphatic carbocycles. The zero-order valence-corrected chi connectivity index (χ0v) is 15.7. The molecule has 7 heteroatoms. The van der Waals surface area contributed by atoms with Crippen molar-refractivity contribution in [2.45, 2.75) is 0 Å². The third-order valence-electron chi connectivity index (χ3n) is 3.62. The number of fused-ring (bicyclic) bond motifs is 1. The summed E-state index contributed by atoms with van der Waals surface area (Å²) in [6.07, 6.45) is 3.36. The number of nitrogens with zero attached hydrogens (tertiary/aromatic N) is 2. The second-order valence-corrected chi connectivity index (χ2v) is 7.87. The van der Waals surface area contributed by atoms with Crippen LogP contribution in [0.2, 0.25) is 0 Å². The van der Waals surface area contributed by atoms with Crippen LogP contribution in [0.1, 0.15) is 4.88 Å². The molecule has 1 aromatic carbocycles. The highest BCUT2D eigenvalue weighted by Gasteiger charge is 2.20. The van der Waals surface area contributed by atoms with Crippen molar-refractivity contribution in [3.63, 3.8) is 0 Å². The Kier molecular flexibility index (Phi) is 5.57. The Hall–Kier alpha value is -2.09. The number of para-hydroxylation sites is 1. The van der Waals surface area contributed by atoms with Gasteiger partial charge in [0.1, 0.15) is 11.3 Å². The van der Waals surface area contributed by atoms with Crippen LogP contribution in [0.4, 0.5) is 9.52 Å². The number of thiazole rings is 1. The lowest BCUT2D eigenvalue weighted by molar-refractivity contribution is -0.856. The van der Waals surface area contributed by atoms with Gasteiger partial charge in [-0.05, 0) is 29.7 Å². The van der Waals surface area contributed by atoms with Crippen molar-refractivity contribution in [3.05, 3.63) is 52.5 Å². The second kappa shape index (κ2) is 7.86. The summed E-state index contributed by atoms with van der Waals surface area (Å²) >= 11 is 2.91. The normalized spacial score (nSPS) is 11.7. The molecule has 0 aliphatic heterocycles. The van der Waals surface area contributed by atoms with E-state index in [1.807, 2.05) is 37.7 Å². The summed E-state index contributed by atoms with van der Waals surface area (Å²) in [7, 11) is 4.06. The Bertz CT molecular complexity index is 887. The lowest BCUT2D eigenvalue weighted by Crippen LogP contribution is -3.06. The van der Waals surface area contributed by atoms with Crippen LogP contribution in [0, 0.1) is 5.82 Å². The van der Waals surface area contributed by atoms with E-state index in [2.05, 4.69) is 4.98 Å². The van der Waals surface area contributed by atoms with Crippen molar-refractivity contribution >= 4 is 50.0 Å². The van der Waals surface area contributed by atoms with Crippen molar-refractivity contribution in [1.29, 1.82) is 0 Å². The van der Waals surface area contributed by atoms with Gasteiger partial charge in [-0.3, -0.25) is 9.69 Å². The van der Waals surface area contributed by atoms with Crippen molar-refractivity contribution in [1.82, 2.24) is 4.98 Å². The summed E-state index contributed by atoms with van der Waals surface area (Å²) in [5, 5.41) is 2.50. The number of halogens is 1. The number of nitrogens with one attached hydrogen (secondary N) is 1. The predicted molar refractivity (Wildman–Crippen MR) is 103 cm³/mol. The fourth-order valence-corrected chi connectivity index (χ4v) is 3.91. The Morgan fingerprint density at radius 3 is 2.84 bits per heavy atom. The zero-order valence-electron chi connectivity index (χ0n) is 14.0. The summed E-state index contributed by atoms with van der Waals surface area (Å²) < 4.78 is 14.7. The van der Waals surface area contributed by atoms with Crippen molar-refractivity contribution in [2.24, 2.45) is 0 Å². The molecule has 1 N–H and O–H groups in total. The highest BCUT2D eigenvalue weighted by molar-refractivity contribution is 7.22. The van der Waals surface area contributed by atoms with E-state index in [4.69, 9.17) is 0 Å². The lowest BCUT2D eigenvalue weighted by Gasteiger charge is -2.19. The van der Waals surface area contributed by atoms with Gasteiger partial charge >= 0.3 is 0 Å². The molecular weight excluding hydrogens is 357 g/mol. The van der Waals surface area contributed by atoms with E-state index in [1.54, 1.807) is 34.5 Å². The fourth-order valence-electron chi connectivity index (χ4n) is 2.28. The molecule has 0 fully saturated rings. The van der Waals surface area contributed by atoms with E-state index in [9.17, 15) is 9.18 Å². The maximum absolute atomic E-state index is 13.9. The molecule has 0 atom stereocenters. The third kappa shape index (κ3) is 4.31. The van der Waals surface area contributed by atoms with E-state index in [-0.39, 0.29) is 11.7 Å². The molecule has 0 aliphatic rings. The van der Waals surface area contributed by atoms with Crippen LogP contribution in [0.15, 0.2) is 41.8 Å². The number of anilines is 1. The molecule has 2 aromatic heterocycles. The fraction of sp³-hybridized carbons (Fsp3) is 0.222. The molecule has 0 unspecified atom stereocenters. The molecule has 0 spiro atoms. The number of likely N-dealkylation sites (N-methyl/N-ethyl adjacent to an activating group) is 1. The standard InChI is InChI=1S/C18H18FN3OS2/c1-21(2)10-11-22(16(23)9-8-13-5-4-12-24-13)18-20-17-14(19)6-3-7-15(17)25-18/h3-9,12H,10-11H2,1-2H3/p+1/b9-8+. The van der Waals surface area contributed by atoms with Crippen LogP contribution in [-0.2, 0) is 4.79 Å². The van der Waals surface area contributed by atoms with Gasteiger partial charge in [0.25, 0.3) is 5.91 Å². The summed E-state index contributed by atoms with van der Waals surface area (Å²) in [6, 6.07) is 8.76. The number of thiophene rings is 1. The number of hydrogen-bond donors (Lipinski definition) is 1. The average Bonchev–Trinajstić information content (AvgIpc) is 3.22. The first-order chi connectivity index (χ1) is 12.0. The van der Waals surface area contributed by atoms with E-state index in [1.165, 1.54) is 22.3 Å². The number of amides is 1. The van der Waals surface area contributed by atoms with Gasteiger partial charge in [0.15, 0.2) is 5.13 Å². The minimum atomic E-state index is -0.361. The number of hydrogen-bond acceptors (Lipinski definition) is 4. The van der Waals surface area contributed by atoms with Gasteiger partial charge in [-0.25, -0.2) is 9.37 Å². The molecule has 3 rings (SSSR count). The quantitative estimate of drug-likeness (QED) is 0.672. The highest BCUT2D eigenvalue weighted by atomic mass is 32.1. The van der Waals surface area contributed by atoms with E-state index in [0.717, 1.165) is 16.1 Å². The molecule has 0 bridgehead atoms. The molecule has 3 aromatic rings. The van der Waals surface area contributed by atoms with E-state index < -0.39 is 0 Å². The third-order valence-corrected chi connectivity index (χ3v) is 5.51.